The number of hydrogen-bond donors (Lipinski definition) is 2. The highest BCUT2D eigenvalue weighted by atomic mass is 79.9. The van der Waals surface area contributed by atoms with E-state index in [2.05, 4.69) is 43.8 Å². The zero-order chi connectivity index (χ0) is 19.0. The van der Waals surface area contributed by atoms with E-state index in [0.717, 1.165) is 36.0 Å². The van der Waals surface area contributed by atoms with E-state index in [-0.39, 0.29) is 29.8 Å². The molecule has 9 heteroatoms. The molecule has 0 bridgehead atoms. The first-order chi connectivity index (χ1) is 12.9. The Balaban J connectivity index is 1.29. The third-order valence-electron chi connectivity index (χ3n) is 5.82. The van der Waals surface area contributed by atoms with Crippen molar-refractivity contribution in [3.8, 4) is 0 Å². The maximum Gasteiger partial charge on any atom is 0.241 e. The van der Waals surface area contributed by atoms with E-state index < -0.39 is 9.84 Å². The molecule has 0 saturated carbocycles. The summed E-state index contributed by atoms with van der Waals surface area (Å²) >= 11 is 3.44. The highest BCUT2D eigenvalue weighted by molar-refractivity contribution is 9.10. The molecule has 2 N–H and O–H groups in total. The minimum Gasteiger partial charge on any atom is -0.339 e. The Morgan fingerprint density at radius 1 is 1.07 bits per heavy atom. The van der Waals surface area contributed by atoms with Gasteiger partial charge in [-0.1, -0.05) is 28.1 Å². The predicted molar refractivity (Wildman–Crippen MR) is 107 cm³/mol. The van der Waals surface area contributed by atoms with Crippen LogP contribution in [0.2, 0.25) is 0 Å². The van der Waals surface area contributed by atoms with Gasteiger partial charge in [0.25, 0.3) is 0 Å². The lowest BCUT2D eigenvalue weighted by Crippen LogP contribution is -2.55. The highest BCUT2D eigenvalue weighted by Gasteiger charge is 2.37. The number of piperazine rings is 1. The van der Waals surface area contributed by atoms with Gasteiger partial charge in [-0.05, 0) is 30.5 Å². The topological polar surface area (TPSA) is 81.8 Å². The van der Waals surface area contributed by atoms with Crippen molar-refractivity contribution in [1.82, 2.24) is 20.7 Å². The Hall–Kier alpha value is -1.00. The molecule has 3 atom stereocenters. The fraction of sp³-hybridized carbons (Fsp3) is 0.611. The molecule has 1 amide bonds. The van der Waals surface area contributed by atoms with E-state index in [1.807, 2.05) is 17.0 Å². The second-order valence-electron chi connectivity index (χ2n) is 7.60. The van der Waals surface area contributed by atoms with Crippen LogP contribution in [0.3, 0.4) is 0 Å². The van der Waals surface area contributed by atoms with Gasteiger partial charge in [0, 0.05) is 42.7 Å². The summed E-state index contributed by atoms with van der Waals surface area (Å²) in [4.78, 5) is 17.0. The fourth-order valence-corrected chi connectivity index (χ4v) is 6.25. The zero-order valence-corrected chi connectivity index (χ0v) is 17.5. The third-order valence-corrected chi connectivity index (χ3v) is 8.10. The van der Waals surface area contributed by atoms with Crippen LogP contribution in [-0.2, 0) is 14.6 Å². The SMILES string of the molecule is O=C(C1CC(c2ccc(Br)cc2)NN1)N1CCN(C2CCS(=O)(=O)C2)CC1. The lowest BCUT2D eigenvalue weighted by molar-refractivity contribution is -0.135. The van der Waals surface area contributed by atoms with Crippen molar-refractivity contribution in [2.24, 2.45) is 0 Å². The minimum atomic E-state index is -2.87. The standard InChI is InChI=1S/C18H25BrN4O3S/c19-14-3-1-13(2-4-14)16-11-17(21-20-16)18(24)23-8-6-22(7-9-23)15-5-10-27(25,26)12-15/h1-4,15-17,20-21H,5-12H2. The van der Waals surface area contributed by atoms with Crippen molar-refractivity contribution in [3.05, 3.63) is 34.3 Å². The first-order valence-electron chi connectivity index (χ1n) is 9.41. The summed E-state index contributed by atoms with van der Waals surface area (Å²) in [5, 5.41) is 0. The molecule has 0 radical (unpaired) electrons. The van der Waals surface area contributed by atoms with Crippen molar-refractivity contribution in [2.75, 3.05) is 37.7 Å². The summed E-state index contributed by atoms with van der Waals surface area (Å²) in [5.74, 6) is 0.691. The first kappa shape index (κ1) is 19.3. The number of nitrogens with one attached hydrogen (secondary N) is 2. The summed E-state index contributed by atoms with van der Waals surface area (Å²) < 4.78 is 24.4. The molecule has 0 aromatic heterocycles. The molecule has 0 spiro atoms. The Labute approximate surface area is 168 Å². The quantitative estimate of drug-likeness (QED) is 0.696. The van der Waals surface area contributed by atoms with Gasteiger partial charge >= 0.3 is 0 Å². The van der Waals surface area contributed by atoms with Gasteiger partial charge in [-0.2, -0.15) is 0 Å². The van der Waals surface area contributed by atoms with Crippen molar-refractivity contribution < 1.29 is 13.2 Å². The molecule has 3 aliphatic heterocycles. The molecular weight excluding hydrogens is 432 g/mol. The molecule has 3 aliphatic rings. The van der Waals surface area contributed by atoms with Gasteiger partial charge in [0.1, 0.15) is 6.04 Å². The van der Waals surface area contributed by atoms with E-state index in [9.17, 15) is 13.2 Å². The molecule has 148 valence electrons. The normalized spacial score (nSPS) is 31.3. The number of halogens is 1. The molecule has 1 aromatic carbocycles. The third kappa shape index (κ3) is 4.37. The average Bonchev–Trinajstić information content (AvgIpc) is 3.29. The van der Waals surface area contributed by atoms with E-state index in [1.165, 1.54) is 0 Å². The lowest BCUT2D eigenvalue weighted by atomic mass is 10.0. The Morgan fingerprint density at radius 3 is 2.41 bits per heavy atom. The number of nitrogens with zero attached hydrogens (tertiary/aromatic N) is 2. The van der Waals surface area contributed by atoms with E-state index >= 15 is 0 Å². The predicted octanol–water partition coefficient (Wildman–Crippen LogP) is 0.688. The van der Waals surface area contributed by atoms with Crippen LogP contribution in [0.4, 0.5) is 0 Å². The average molecular weight is 457 g/mol. The molecule has 0 aliphatic carbocycles. The van der Waals surface area contributed by atoms with Crippen LogP contribution < -0.4 is 10.9 Å². The number of hydrogen-bond acceptors (Lipinski definition) is 6. The largest absolute Gasteiger partial charge is 0.339 e. The minimum absolute atomic E-state index is 0.122. The van der Waals surface area contributed by atoms with E-state index in [1.54, 1.807) is 0 Å². The van der Waals surface area contributed by atoms with Crippen LogP contribution in [0, 0.1) is 0 Å². The van der Waals surface area contributed by atoms with E-state index in [0.29, 0.717) is 18.8 Å². The molecular formula is C18H25BrN4O3S. The number of amides is 1. The van der Waals surface area contributed by atoms with Crippen LogP contribution in [0.5, 0.6) is 0 Å². The van der Waals surface area contributed by atoms with Gasteiger partial charge in [0.05, 0.1) is 11.5 Å². The molecule has 3 heterocycles. The number of carbonyl (C=O) groups excluding carboxylic acids is 1. The molecule has 4 rings (SSSR count). The van der Waals surface area contributed by atoms with Gasteiger partial charge in [-0.25, -0.2) is 19.3 Å². The Morgan fingerprint density at radius 2 is 1.78 bits per heavy atom. The van der Waals surface area contributed by atoms with Gasteiger partial charge in [0.2, 0.25) is 5.91 Å². The second-order valence-corrected chi connectivity index (χ2v) is 10.7. The zero-order valence-electron chi connectivity index (χ0n) is 15.1. The molecule has 7 nitrogen and oxygen atoms in total. The van der Waals surface area contributed by atoms with Gasteiger partial charge in [-0.3, -0.25) is 9.69 Å². The Bertz CT molecular complexity index is 793. The second kappa shape index (κ2) is 7.79. The monoisotopic (exact) mass is 456 g/mol. The molecule has 27 heavy (non-hydrogen) atoms. The molecule has 3 unspecified atom stereocenters. The maximum absolute atomic E-state index is 12.9. The van der Waals surface area contributed by atoms with Crippen LogP contribution >= 0.6 is 15.9 Å². The van der Waals surface area contributed by atoms with Crippen molar-refractivity contribution in [2.45, 2.75) is 31.0 Å². The number of hydrazine groups is 1. The summed E-state index contributed by atoms with van der Waals surface area (Å²) in [5.41, 5.74) is 7.54. The summed E-state index contributed by atoms with van der Waals surface area (Å²) in [6.45, 7) is 2.83. The molecule has 1 aromatic rings. The molecule has 3 saturated heterocycles. The molecule has 3 fully saturated rings. The van der Waals surface area contributed by atoms with Gasteiger partial charge < -0.3 is 4.90 Å². The van der Waals surface area contributed by atoms with Crippen LogP contribution in [0.15, 0.2) is 28.7 Å². The lowest BCUT2D eigenvalue weighted by Gasteiger charge is -2.38. The smallest absolute Gasteiger partial charge is 0.241 e. The van der Waals surface area contributed by atoms with Gasteiger partial charge in [0.15, 0.2) is 9.84 Å². The number of sulfone groups is 1. The summed E-state index contributed by atoms with van der Waals surface area (Å²) in [7, 11) is -2.87. The van der Waals surface area contributed by atoms with Crippen molar-refractivity contribution in [3.63, 3.8) is 0 Å². The first-order valence-corrected chi connectivity index (χ1v) is 12.0. The maximum atomic E-state index is 12.9. The van der Waals surface area contributed by atoms with Crippen LogP contribution in [0.1, 0.15) is 24.4 Å². The van der Waals surface area contributed by atoms with Gasteiger partial charge in [-0.15, -0.1) is 0 Å². The summed E-state index contributed by atoms with van der Waals surface area (Å²) in [6.07, 6.45) is 1.45. The number of rotatable bonds is 3. The van der Waals surface area contributed by atoms with Crippen molar-refractivity contribution in [1.29, 1.82) is 0 Å². The van der Waals surface area contributed by atoms with Crippen molar-refractivity contribution >= 4 is 31.7 Å². The number of benzene rings is 1. The summed E-state index contributed by atoms with van der Waals surface area (Å²) in [6, 6.07) is 8.16. The highest BCUT2D eigenvalue weighted by Crippen LogP contribution is 2.25. The van der Waals surface area contributed by atoms with E-state index in [4.69, 9.17) is 0 Å². The fourth-order valence-electron chi connectivity index (χ4n) is 4.22. The number of carbonyl (C=O) groups is 1. The van der Waals surface area contributed by atoms with Crippen LogP contribution in [0.25, 0.3) is 0 Å². The Kier molecular flexibility index (Phi) is 5.57. The van der Waals surface area contributed by atoms with Crippen LogP contribution in [-0.4, -0.2) is 73.9 Å².